The normalized spacial score (nSPS) is 13.7. The van der Waals surface area contributed by atoms with Crippen molar-refractivity contribution in [2.45, 2.75) is 40.2 Å². The fraction of sp³-hybridized carbons (Fsp3) is 0.571. The highest BCUT2D eigenvalue weighted by atomic mass is 35.5. The number of aromatic nitrogens is 1. The molecule has 2 atom stereocenters. The van der Waals surface area contributed by atoms with E-state index in [0.29, 0.717) is 16.8 Å². The van der Waals surface area contributed by atoms with E-state index in [1.165, 1.54) is 0 Å². The summed E-state index contributed by atoms with van der Waals surface area (Å²) in [5, 5.41) is 6.38. The van der Waals surface area contributed by atoms with Gasteiger partial charge in [0.05, 0.1) is 5.02 Å². The molecule has 5 heteroatoms. The van der Waals surface area contributed by atoms with E-state index >= 15 is 0 Å². The third kappa shape index (κ3) is 4.39. The van der Waals surface area contributed by atoms with E-state index in [-0.39, 0.29) is 17.6 Å². The van der Waals surface area contributed by atoms with Gasteiger partial charge in [-0.1, -0.05) is 31.9 Å². The van der Waals surface area contributed by atoms with Crippen LogP contribution in [-0.4, -0.2) is 23.5 Å². The Morgan fingerprint density at radius 2 is 2.05 bits per heavy atom. The number of hydrogen-bond acceptors (Lipinski definition) is 3. The Morgan fingerprint density at radius 1 is 1.37 bits per heavy atom. The van der Waals surface area contributed by atoms with Gasteiger partial charge in [0, 0.05) is 12.6 Å². The first-order valence-corrected chi connectivity index (χ1v) is 7.08. The lowest BCUT2D eigenvalue weighted by atomic mass is 10.0. The van der Waals surface area contributed by atoms with Gasteiger partial charge in [-0.2, -0.15) is 0 Å². The molecule has 19 heavy (non-hydrogen) atoms. The number of rotatable bonds is 6. The van der Waals surface area contributed by atoms with Gasteiger partial charge in [-0.15, -0.1) is 0 Å². The van der Waals surface area contributed by atoms with Crippen molar-refractivity contribution in [3.8, 4) is 0 Å². The summed E-state index contributed by atoms with van der Waals surface area (Å²) in [7, 11) is 0. The zero-order valence-electron chi connectivity index (χ0n) is 12.0. The van der Waals surface area contributed by atoms with Crippen molar-refractivity contribution < 1.29 is 4.79 Å². The van der Waals surface area contributed by atoms with Crippen LogP contribution in [0.4, 0.5) is 5.82 Å². The lowest BCUT2D eigenvalue weighted by Crippen LogP contribution is -2.37. The van der Waals surface area contributed by atoms with Gasteiger partial charge in [0.2, 0.25) is 0 Å². The molecule has 0 aliphatic rings. The van der Waals surface area contributed by atoms with Crippen molar-refractivity contribution in [1.82, 2.24) is 10.3 Å². The lowest BCUT2D eigenvalue weighted by Gasteiger charge is -2.20. The molecule has 0 bridgehead atoms. The van der Waals surface area contributed by atoms with Crippen LogP contribution in [0.5, 0.6) is 0 Å². The predicted molar refractivity (Wildman–Crippen MR) is 79.8 cm³/mol. The van der Waals surface area contributed by atoms with Gasteiger partial charge < -0.3 is 10.6 Å². The number of hydrogen-bond donors (Lipinski definition) is 2. The molecule has 0 aliphatic heterocycles. The average molecular weight is 284 g/mol. The molecule has 0 aliphatic carbocycles. The molecule has 0 aromatic carbocycles. The van der Waals surface area contributed by atoms with Crippen LogP contribution in [0.15, 0.2) is 12.1 Å². The summed E-state index contributed by atoms with van der Waals surface area (Å²) in [4.78, 5) is 16.4. The minimum atomic E-state index is -0.224. The highest BCUT2D eigenvalue weighted by molar-refractivity contribution is 6.33. The summed E-state index contributed by atoms with van der Waals surface area (Å²) in [5.74, 6) is 0.852. The smallest absolute Gasteiger partial charge is 0.271 e. The highest BCUT2D eigenvalue weighted by Gasteiger charge is 2.18. The molecular weight excluding hydrogens is 262 g/mol. The van der Waals surface area contributed by atoms with Crippen LogP contribution in [0, 0.1) is 5.92 Å². The molecule has 4 nitrogen and oxygen atoms in total. The van der Waals surface area contributed by atoms with Gasteiger partial charge in [-0.25, -0.2) is 4.98 Å². The summed E-state index contributed by atoms with van der Waals surface area (Å²) < 4.78 is 0. The maximum Gasteiger partial charge on any atom is 0.271 e. The predicted octanol–water partition coefficient (Wildman–Crippen LogP) is 3.33. The SMILES string of the molecule is CCNc1ccc(Cl)c(C(=O)NC(C)C(C)CC)n1. The van der Waals surface area contributed by atoms with Crippen LogP contribution in [0.3, 0.4) is 0 Å². The second-order valence-corrected chi connectivity index (χ2v) is 5.11. The largest absolute Gasteiger partial charge is 0.370 e. The number of carbonyl (C=O) groups excluding carboxylic acids is 1. The second-order valence-electron chi connectivity index (χ2n) is 4.70. The van der Waals surface area contributed by atoms with Crippen LogP contribution >= 0.6 is 11.6 Å². The maximum atomic E-state index is 12.2. The molecule has 0 spiro atoms. The molecule has 1 heterocycles. The zero-order valence-corrected chi connectivity index (χ0v) is 12.7. The van der Waals surface area contributed by atoms with E-state index in [1.807, 2.05) is 13.8 Å². The van der Waals surface area contributed by atoms with Crippen molar-refractivity contribution in [3.63, 3.8) is 0 Å². The second kappa shape index (κ2) is 7.34. The molecule has 1 aromatic rings. The number of nitrogens with zero attached hydrogens (tertiary/aromatic N) is 1. The molecule has 0 radical (unpaired) electrons. The molecular formula is C14H22ClN3O. The standard InChI is InChI=1S/C14H22ClN3O/c1-5-9(3)10(4)17-14(19)13-11(15)7-8-12(18-13)16-6-2/h7-10H,5-6H2,1-4H3,(H,16,18)(H,17,19). The first kappa shape index (κ1) is 15.8. The van der Waals surface area contributed by atoms with Crippen LogP contribution in [-0.2, 0) is 0 Å². The molecule has 0 saturated carbocycles. The molecule has 0 saturated heterocycles. The van der Waals surface area contributed by atoms with Crippen molar-refractivity contribution in [2.75, 3.05) is 11.9 Å². The van der Waals surface area contributed by atoms with Crippen LogP contribution in [0.25, 0.3) is 0 Å². The lowest BCUT2D eigenvalue weighted by molar-refractivity contribution is 0.0923. The third-order valence-electron chi connectivity index (χ3n) is 3.28. The summed E-state index contributed by atoms with van der Waals surface area (Å²) in [6.45, 7) is 8.92. The van der Waals surface area contributed by atoms with E-state index in [2.05, 4.69) is 29.5 Å². The highest BCUT2D eigenvalue weighted by Crippen LogP contribution is 2.17. The van der Waals surface area contributed by atoms with Gasteiger partial charge in [-0.3, -0.25) is 4.79 Å². The van der Waals surface area contributed by atoms with Gasteiger partial charge in [0.15, 0.2) is 0 Å². The Labute approximate surface area is 120 Å². The monoisotopic (exact) mass is 283 g/mol. The Kier molecular flexibility index (Phi) is 6.09. The van der Waals surface area contributed by atoms with Gasteiger partial charge in [0.25, 0.3) is 5.91 Å². The summed E-state index contributed by atoms with van der Waals surface area (Å²) >= 11 is 6.04. The Balaban J connectivity index is 2.83. The van der Waals surface area contributed by atoms with Crippen molar-refractivity contribution >= 4 is 23.3 Å². The first-order chi connectivity index (χ1) is 8.99. The molecule has 2 N–H and O–H groups in total. The van der Waals surface area contributed by atoms with Crippen molar-refractivity contribution in [1.29, 1.82) is 0 Å². The van der Waals surface area contributed by atoms with E-state index < -0.39 is 0 Å². The fourth-order valence-electron chi connectivity index (χ4n) is 1.65. The van der Waals surface area contributed by atoms with Crippen molar-refractivity contribution in [2.24, 2.45) is 5.92 Å². The van der Waals surface area contributed by atoms with Gasteiger partial charge in [-0.05, 0) is 31.9 Å². The third-order valence-corrected chi connectivity index (χ3v) is 3.58. The van der Waals surface area contributed by atoms with Gasteiger partial charge >= 0.3 is 0 Å². The molecule has 0 fully saturated rings. The quantitative estimate of drug-likeness (QED) is 0.842. The molecule has 1 rings (SSSR count). The maximum absolute atomic E-state index is 12.2. The zero-order chi connectivity index (χ0) is 14.4. The number of amides is 1. The summed E-state index contributed by atoms with van der Waals surface area (Å²) in [5.41, 5.74) is 0.273. The van der Waals surface area contributed by atoms with E-state index in [9.17, 15) is 4.79 Å². The molecule has 1 aromatic heterocycles. The van der Waals surface area contributed by atoms with E-state index in [1.54, 1.807) is 12.1 Å². The fourth-order valence-corrected chi connectivity index (χ4v) is 1.84. The van der Waals surface area contributed by atoms with Crippen molar-refractivity contribution in [3.05, 3.63) is 22.8 Å². The number of pyridine rings is 1. The number of halogens is 1. The van der Waals surface area contributed by atoms with E-state index in [0.717, 1.165) is 13.0 Å². The van der Waals surface area contributed by atoms with Crippen LogP contribution < -0.4 is 10.6 Å². The van der Waals surface area contributed by atoms with Crippen LogP contribution in [0.2, 0.25) is 5.02 Å². The van der Waals surface area contributed by atoms with Crippen LogP contribution in [0.1, 0.15) is 44.6 Å². The minimum absolute atomic E-state index is 0.0955. The molecule has 2 unspecified atom stereocenters. The Hall–Kier alpha value is -1.29. The van der Waals surface area contributed by atoms with Gasteiger partial charge in [0.1, 0.15) is 11.5 Å². The Morgan fingerprint density at radius 3 is 2.63 bits per heavy atom. The number of carbonyl (C=O) groups is 1. The molecule has 1 amide bonds. The topological polar surface area (TPSA) is 54.0 Å². The first-order valence-electron chi connectivity index (χ1n) is 6.70. The average Bonchev–Trinajstić information content (AvgIpc) is 2.40. The number of anilines is 1. The minimum Gasteiger partial charge on any atom is -0.370 e. The molecule has 106 valence electrons. The Bertz CT molecular complexity index is 437. The summed E-state index contributed by atoms with van der Waals surface area (Å²) in [6.07, 6.45) is 1.01. The number of nitrogens with one attached hydrogen (secondary N) is 2. The summed E-state index contributed by atoms with van der Waals surface area (Å²) in [6, 6.07) is 3.55. The van der Waals surface area contributed by atoms with E-state index in [4.69, 9.17) is 11.6 Å².